The molecule has 10 heterocycles. The highest BCUT2D eigenvalue weighted by Crippen LogP contribution is 2.40. The molecule has 20 heteroatoms. The number of aliphatic imine (C=N–C) groups is 1. The summed E-state index contributed by atoms with van der Waals surface area (Å²) < 4.78 is 24.3. The van der Waals surface area contributed by atoms with E-state index in [1.54, 1.807) is 4.90 Å². The average Bonchev–Trinajstić information content (AvgIpc) is 2.25. The van der Waals surface area contributed by atoms with Gasteiger partial charge in [0, 0.05) is 114 Å². The second kappa shape index (κ2) is 28.7. The van der Waals surface area contributed by atoms with E-state index in [0.29, 0.717) is 64.6 Å². The second-order valence-corrected chi connectivity index (χ2v) is 32.0. The highest BCUT2D eigenvalue weighted by molar-refractivity contribution is 6.76. The number of carbonyl (C=O) groups is 1. The van der Waals surface area contributed by atoms with Crippen molar-refractivity contribution in [2.24, 2.45) is 4.99 Å². The number of piperidine rings is 3. The zero-order valence-corrected chi connectivity index (χ0v) is 54.1. The van der Waals surface area contributed by atoms with Crippen molar-refractivity contribution in [3.63, 3.8) is 0 Å². The number of anilines is 4. The molecule has 88 heavy (non-hydrogen) atoms. The minimum absolute atomic E-state index is 0.0335. The second-order valence-electron chi connectivity index (χ2n) is 26.4. The third-order valence-electron chi connectivity index (χ3n) is 18.8. The smallest absolute Gasteiger partial charge is 0.410 e. The van der Waals surface area contributed by atoms with Crippen LogP contribution in [0, 0.1) is 13.8 Å². The SMILES string of the molecule is Cc1ccc2[nH]ncc2c1N1CCc2c(nc(OCCN3CCCCC3)nc2N2CCCCC2)C1.Cc1ccc2c(c1N1CCc3c(nc(OCCN4CCCCC4)nc3N3CCN(C(=O)OCc4ccccc4)CC3)C1)C=NC2COCC[Si](C)(C)C. The van der Waals surface area contributed by atoms with Gasteiger partial charge < -0.3 is 43.4 Å². The van der Waals surface area contributed by atoms with Gasteiger partial charge in [-0.2, -0.15) is 25.0 Å². The van der Waals surface area contributed by atoms with Gasteiger partial charge >= 0.3 is 18.1 Å². The predicted molar refractivity (Wildman–Crippen MR) is 353 cm³/mol. The molecule has 4 saturated heterocycles. The third-order valence-corrected chi connectivity index (χ3v) is 20.5. The number of benzene rings is 3. The van der Waals surface area contributed by atoms with Crippen LogP contribution in [0.15, 0.2) is 65.8 Å². The largest absolute Gasteiger partial charge is 0.462 e. The number of nitrogens with zero attached hydrogens (tertiary/aromatic N) is 13. The standard InChI is InChI=1S/C41H57N7O4Si.C27H37N7O/c1-31-13-14-33-35(27-42-37(33)30-50-25-26-53(2,3)4)38(31)48-18-15-34-36(28-48)43-40(51-24-23-45-16-9-6-10-17-45)44-39(34)46-19-21-47(22-20-46)41(49)52-29-32-11-7-5-8-12-32;1-20-8-9-23-22(18-28-31-23)25(20)34-15-10-21-24(19-34)29-27(30-26(21)33-13-6-3-7-14-33)35-17-16-32-11-4-2-5-12-32/h5,7-8,11-14,27,37H,6,9-10,15-26,28-30H2,1-4H3;8-9,18H,2-7,10-17,19H2,1H3,(H,28,31). The van der Waals surface area contributed by atoms with Gasteiger partial charge in [-0.05, 0) is 132 Å². The lowest BCUT2D eigenvalue weighted by Gasteiger charge is -2.38. The predicted octanol–water partition coefficient (Wildman–Crippen LogP) is 10.6. The first-order chi connectivity index (χ1) is 43.0. The third kappa shape index (κ3) is 15.1. The molecule has 4 fully saturated rings. The summed E-state index contributed by atoms with van der Waals surface area (Å²) in [6.45, 7) is 28.8. The fourth-order valence-corrected chi connectivity index (χ4v) is 14.5. The van der Waals surface area contributed by atoms with Crippen molar-refractivity contribution in [2.75, 3.05) is 138 Å². The van der Waals surface area contributed by atoms with Crippen LogP contribution in [0.25, 0.3) is 10.9 Å². The number of hydrogen-bond acceptors (Lipinski definition) is 17. The Kier molecular flexibility index (Phi) is 20.0. The molecular formula is C68H94N14O5Si. The molecule has 13 rings (SSSR count). The number of piperazine rings is 1. The topological polar surface area (TPSA) is 169 Å². The summed E-state index contributed by atoms with van der Waals surface area (Å²) in [5.41, 5.74) is 14.1. The maximum Gasteiger partial charge on any atom is 0.410 e. The van der Waals surface area contributed by atoms with Gasteiger partial charge in [0.2, 0.25) is 0 Å². The molecule has 470 valence electrons. The van der Waals surface area contributed by atoms with Gasteiger partial charge in [-0.1, -0.05) is 81.0 Å². The zero-order chi connectivity index (χ0) is 60.4. The Balaban J connectivity index is 0.000000186. The number of H-pyrrole nitrogens is 1. The fourth-order valence-electron chi connectivity index (χ4n) is 13.8. The number of aromatic amines is 1. The van der Waals surface area contributed by atoms with Crippen LogP contribution in [-0.4, -0.2) is 183 Å². The normalized spacial score (nSPS) is 19.1. The number of ether oxygens (including phenoxy) is 4. The summed E-state index contributed by atoms with van der Waals surface area (Å²) >= 11 is 0. The van der Waals surface area contributed by atoms with E-state index in [4.69, 9.17) is 43.9 Å². The Labute approximate surface area is 522 Å². The van der Waals surface area contributed by atoms with Crippen LogP contribution in [-0.2, 0) is 42.0 Å². The Morgan fingerprint density at radius 2 is 1.17 bits per heavy atom. The maximum absolute atomic E-state index is 13.0. The lowest BCUT2D eigenvalue weighted by molar-refractivity contribution is 0.0941. The van der Waals surface area contributed by atoms with Crippen molar-refractivity contribution < 1.29 is 23.7 Å². The molecule has 0 saturated carbocycles. The van der Waals surface area contributed by atoms with E-state index in [2.05, 4.69) is 104 Å². The Bertz CT molecular complexity index is 3330. The van der Waals surface area contributed by atoms with Crippen molar-refractivity contribution in [1.82, 2.24) is 44.8 Å². The van der Waals surface area contributed by atoms with Crippen LogP contribution in [0.4, 0.5) is 27.8 Å². The van der Waals surface area contributed by atoms with E-state index < -0.39 is 8.07 Å². The molecule has 1 amide bonds. The molecule has 1 unspecified atom stereocenters. The Hall–Kier alpha value is -6.87. The first-order valence-corrected chi connectivity index (χ1v) is 36.8. The van der Waals surface area contributed by atoms with Gasteiger partial charge in [-0.25, -0.2) is 4.79 Å². The quantitative estimate of drug-likeness (QED) is 0.0600. The van der Waals surface area contributed by atoms with Crippen LogP contribution in [0.3, 0.4) is 0 Å². The number of amides is 1. The van der Waals surface area contributed by atoms with Gasteiger partial charge in [0.15, 0.2) is 0 Å². The van der Waals surface area contributed by atoms with Crippen LogP contribution < -0.4 is 29.1 Å². The first-order valence-electron chi connectivity index (χ1n) is 33.1. The molecule has 1 N–H and O–H groups in total. The molecule has 7 aliphatic rings. The van der Waals surface area contributed by atoms with Gasteiger partial charge in [0.1, 0.15) is 31.5 Å². The number of likely N-dealkylation sites (tertiary alicyclic amines) is 2. The summed E-state index contributed by atoms with van der Waals surface area (Å²) in [7, 11) is -1.15. The molecule has 1 atom stereocenters. The number of aromatic nitrogens is 6. The molecule has 0 aliphatic carbocycles. The Morgan fingerprint density at radius 1 is 0.602 bits per heavy atom. The number of nitrogens with one attached hydrogen (secondary N) is 1. The van der Waals surface area contributed by atoms with Crippen LogP contribution >= 0.6 is 0 Å². The minimum Gasteiger partial charge on any atom is -0.462 e. The molecule has 0 spiro atoms. The summed E-state index contributed by atoms with van der Waals surface area (Å²) in [4.78, 5) is 54.5. The van der Waals surface area contributed by atoms with Gasteiger partial charge in [-0.3, -0.25) is 19.9 Å². The van der Waals surface area contributed by atoms with Gasteiger partial charge in [0.25, 0.3) is 0 Å². The van der Waals surface area contributed by atoms with E-state index in [-0.39, 0.29) is 18.7 Å². The number of rotatable bonds is 19. The number of aryl methyl sites for hydroxylation is 2. The fraction of sp³-hybridized carbons (Fsp3) is 0.574. The van der Waals surface area contributed by atoms with Crippen molar-refractivity contribution in [3.8, 4) is 12.0 Å². The minimum atomic E-state index is -1.15. The van der Waals surface area contributed by atoms with Crippen LogP contribution in [0.5, 0.6) is 12.0 Å². The van der Waals surface area contributed by atoms with Crippen molar-refractivity contribution in [1.29, 1.82) is 0 Å². The number of fused-ring (bicyclic) bond motifs is 4. The van der Waals surface area contributed by atoms with E-state index >= 15 is 0 Å². The van der Waals surface area contributed by atoms with Crippen LogP contribution in [0.1, 0.15) is 114 Å². The monoisotopic (exact) mass is 1210 g/mol. The van der Waals surface area contributed by atoms with E-state index in [0.717, 1.165) is 118 Å². The van der Waals surface area contributed by atoms with Crippen molar-refractivity contribution in [3.05, 3.63) is 111 Å². The van der Waals surface area contributed by atoms with Crippen molar-refractivity contribution in [2.45, 2.75) is 136 Å². The molecule has 0 bridgehead atoms. The summed E-state index contributed by atoms with van der Waals surface area (Å²) in [5.74, 6) is 2.05. The Morgan fingerprint density at radius 3 is 1.78 bits per heavy atom. The molecule has 6 aromatic rings. The lowest BCUT2D eigenvalue weighted by atomic mass is 9.96. The van der Waals surface area contributed by atoms with Crippen LogP contribution in [0.2, 0.25) is 25.7 Å². The maximum atomic E-state index is 13.0. The van der Waals surface area contributed by atoms with E-state index in [1.165, 1.54) is 121 Å². The number of carbonyl (C=O) groups excluding carboxylic acids is 1. The van der Waals surface area contributed by atoms with Gasteiger partial charge in [-0.15, -0.1) is 0 Å². The molecule has 3 aromatic heterocycles. The molecule has 19 nitrogen and oxygen atoms in total. The van der Waals surface area contributed by atoms with E-state index in [9.17, 15) is 4.79 Å². The summed E-state index contributed by atoms with van der Waals surface area (Å²) in [5, 5.41) is 8.60. The first kappa shape index (κ1) is 61.4. The molecule has 3 aromatic carbocycles. The average molecular weight is 1220 g/mol. The summed E-state index contributed by atoms with van der Waals surface area (Å²) in [6, 6.07) is 20.8. The van der Waals surface area contributed by atoms with Crippen molar-refractivity contribution >= 4 is 54.3 Å². The highest BCUT2D eigenvalue weighted by atomic mass is 28.3. The number of hydrogen-bond donors (Lipinski definition) is 1. The van der Waals surface area contributed by atoms with Gasteiger partial charge in [0.05, 0.1) is 54.5 Å². The zero-order valence-electron chi connectivity index (χ0n) is 53.1. The lowest BCUT2D eigenvalue weighted by Crippen LogP contribution is -2.49. The highest BCUT2D eigenvalue weighted by Gasteiger charge is 2.34. The molecule has 0 radical (unpaired) electrons. The van der Waals surface area contributed by atoms with E-state index in [1.807, 2.05) is 36.5 Å². The molecule has 7 aliphatic heterocycles. The summed E-state index contributed by atoms with van der Waals surface area (Å²) in [6.07, 6.45) is 17.0. The molecular weight excluding hydrogens is 1120 g/mol.